The van der Waals surface area contributed by atoms with Crippen molar-refractivity contribution in [1.29, 1.82) is 0 Å². The summed E-state index contributed by atoms with van der Waals surface area (Å²) in [6, 6.07) is 3.96. The summed E-state index contributed by atoms with van der Waals surface area (Å²) in [6.45, 7) is 6.08. The molecule has 1 aromatic heterocycles. The molecule has 0 aliphatic carbocycles. The van der Waals surface area contributed by atoms with E-state index in [9.17, 15) is 9.59 Å². The highest BCUT2D eigenvalue weighted by molar-refractivity contribution is 5.80. The van der Waals surface area contributed by atoms with E-state index in [1.807, 2.05) is 24.0 Å². The second-order valence-electron chi connectivity index (χ2n) is 7.28. The molecule has 7 nitrogen and oxygen atoms in total. The number of furan rings is 1. The summed E-state index contributed by atoms with van der Waals surface area (Å²) < 4.78 is 5.70. The van der Waals surface area contributed by atoms with Crippen LogP contribution < -0.4 is 5.32 Å². The zero-order valence-corrected chi connectivity index (χ0v) is 14.7. The Labute approximate surface area is 142 Å². The predicted molar refractivity (Wildman–Crippen MR) is 89.4 cm³/mol. The van der Waals surface area contributed by atoms with E-state index in [-0.39, 0.29) is 17.4 Å². The van der Waals surface area contributed by atoms with Gasteiger partial charge in [-0.25, -0.2) is 4.79 Å². The molecule has 2 aliphatic rings. The Morgan fingerprint density at radius 1 is 1.33 bits per heavy atom. The zero-order valence-electron chi connectivity index (χ0n) is 14.7. The van der Waals surface area contributed by atoms with Crippen LogP contribution in [0.4, 0.5) is 4.79 Å². The second-order valence-corrected chi connectivity index (χ2v) is 7.28. The third-order valence-electron chi connectivity index (χ3n) is 4.80. The van der Waals surface area contributed by atoms with Crippen LogP contribution >= 0.6 is 0 Å². The van der Waals surface area contributed by atoms with Gasteiger partial charge in [-0.1, -0.05) is 0 Å². The lowest BCUT2D eigenvalue weighted by Crippen LogP contribution is -2.47. The van der Waals surface area contributed by atoms with E-state index in [0.717, 1.165) is 24.6 Å². The number of carbonyl (C=O) groups is 2. The van der Waals surface area contributed by atoms with Crippen molar-refractivity contribution in [2.75, 3.05) is 46.8 Å². The van der Waals surface area contributed by atoms with E-state index in [2.05, 4.69) is 10.2 Å². The summed E-state index contributed by atoms with van der Waals surface area (Å²) in [5.74, 6) is 1.90. The molecule has 1 N–H and O–H groups in total. The molecular formula is C17H26N4O3. The number of amides is 3. The molecule has 1 atom stereocenters. The van der Waals surface area contributed by atoms with Crippen molar-refractivity contribution < 1.29 is 14.0 Å². The molecule has 0 radical (unpaired) electrons. The first-order valence-corrected chi connectivity index (χ1v) is 8.37. The molecule has 3 rings (SSSR count). The van der Waals surface area contributed by atoms with Gasteiger partial charge in [-0.3, -0.25) is 9.69 Å². The Bertz CT molecular complexity index is 627. The number of hydrogen-bond donors (Lipinski definition) is 1. The van der Waals surface area contributed by atoms with Crippen molar-refractivity contribution in [2.45, 2.75) is 19.9 Å². The second kappa shape index (κ2) is 6.47. The third kappa shape index (κ3) is 3.56. The van der Waals surface area contributed by atoms with E-state index in [1.54, 1.807) is 19.0 Å². The van der Waals surface area contributed by atoms with Crippen molar-refractivity contribution >= 4 is 11.9 Å². The van der Waals surface area contributed by atoms with E-state index in [1.165, 1.54) is 0 Å². The Balaban J connectivity index is 1.78. The Morgan fingerprint density at radius 2 is 2.12 bits per heavy atom. The fraction of sp³-hybridized carbons (Fsp3) is 0.647. The van der Waals surface area contributed by atoms with Crippen LogP contribution in [0.15, 0.2) is 16.5 Å². The zero-order chi connectivity index (χ0) is 17.3. The van der Waals surface area contributed by atoms with Gasteiger partial charge in [0.2, 0.25) is 5.91 Å². The molecule has 1 spiro atoms. The lowest BCUT2D eigenvalue weighted by molar-refractivity contribution is -0.119. The fourth-order valence-electron chi connectivity index (χ4n) is 3.70. The van der Waals surface area contributed by atoms with Crippen LogP contribution in [-0.2, 0) is 11.3 Å². The summed E-state index contributed by atoms with van der Waals surface area (Å²) in [4.78, 5) is 30.1. The van der Waals surface area contributed by atoms with Gasteiger partial charge >= 0.3 is 6.03 Å². The normalized spacial score (nSPS) is 25.0. The molecule has 0 bridgehead atoms. The molecule has 132 valence electrons. The Morgan fingerprint density at radius 3 is 2.71 bits per heavy atom. The summed E-state index contributed by atoms with van der Waals surface area (Å²) in [6.07, 6.45) is 0.470. The van der Waals surface area contributed by atoms with Crippen LogP contribution in [0.5, 0.6) is 0 Å². The van der Waals surface area contributed by atoms with Crippen molar-refractivity contribution in [3.8, 4) is 0 Å². The smallest absolute Gasteiger partial charge is 0.319 e. The number of rotatable bonds is 2. The maximum Gasteiger partial charge on any atom is 0.319 e. The summed E-state index contributed by atoms with van der Waals surface area (Å²) in [5, 5.41) is 2.94. The van der Waals surface area contributed by atoms with Crippen LogP contribution in [-0.4, -0.2) is 73.5 Å². The average molecular weight is 334 g/mol. The van der Waals surface area contributed by atoms with Crippen LogP contribution in [0, 0.1) is 12.3 Å². The lowest BCUT2D eigenvalue weighted by atomic mass is 9.86. The highest BCUT2D eigenvalue weighted by Crippen LogP contribution is 2.31. The molecule has 2 fully saturated rings. The molecule has 0 aromatic carbocycles. The minimum absolute atomic E-state index is 0.00409. The topological polar surface area (TPSA) is 69.0 Å². The van der Waals surface area contributed by atoms with Gasteiger partial charge in [-0.15, -0.1) is 0 Å². The molecular weight excluding hydrogens is 308 g/mol. The first-order chi connectivity index (χ1) is 11.4. The van der Waals surface area contributed by atoms with E-state index < -0.39 is 0 Å². The maximum absolute atomic E-state index is 12.5. The van der Waals surface area contributed by atoms with Gasteiger partial charge in [0.15, 0.2) is 0 Å². The SMILES string of the molecule is Cc1ccc(CN2CCN(C(=O)N(C)C)C[C@]3(CNC(=O)C3)C2)o1. The van der Waals surface area contributed by atoms with Crippen LogP contribution in [0.2, 0.25) is 0 Å². The van der Waals surface area contributed by atoms with Gasteiger partial charge in [0.05, 0.1) is 6.54 Å². The number of nitrogens with zero attached hydrogens (tertiary/aromatic N) is 3. The lowest BCUT2D eigenvalue weighted by Gasteiger charge is -2.33. The van der Waals surface area contributed by atoms with Gasteiger partial charge in [0.25, 0.3) is 0 Å². The van der Waals surface area contributed by atoms with Gasteiger partial charge in [0, 0.05) is 58.7 Å². The quantitative estimate of drug-likeness (QED) is 0.872. The maximum atomic E-state index is 12.5. The van der Waals surface area contributed by atoms with Gasteiger partial charge in [-0.05, 0) is 19.1 Å². The van der Waals surface area contributed by atoms with E-state index in [0.29, 0.717) is 32.6 Å². The van der Waals surface area contributed by atoms with Crippen LogP contribution in [0.1, 0.15) is 17.9 Å². The minimum Gasteiger partial charge on any atom is -0.465 e. The van der Waals surface area contributed by atoms with Crippen LogP contribution in [0.3, 0.4) is 0 Å². The monoisotopic (exact) mass is 334 g/mol. The summed E-state index contributed by atoms with van der Waals surface area (Å²) >= 11 is 0. The van der Waals surface area contributed by atoms with Gasteiger partial charge in [-0.2, -0.15) is 0 Å². The predicted octanol–water partition coefficient (Wildman–Crippen LogP) is 0.894. The highest BCUT2D eigenvalue weighted by atomic mass is 16.3. The number of hydrogen-bond acceptors (Lipinski definition) is 4. The molecule has 0 unspecified atom stereocenters. The molecule has 7 heteroatoms. The first-order valence-electron chi connectivity index (χ1n) is 8.37. The van der Waals surface area contributed by atoms with Crippen molar-refractivity contribution in [1.82, 2.24) is 20.0 Å². The minimum atomic E-state index is -0.221. The number of nitrogens with one attached hydrogen (secondary N) is 1. The Kier molecular flexibility index (Phi) is 4.54. The number of carbonyl (C=O) groups excluding carboxylic acids is 2. The first kappa shape index (κ1) is 16.8. The number of aryl methyl sites for hydroxylation is 1. The fourth-order valence-corrected chi connectivity index (χ4v) is 3.70. The highest BCUT2D eigenvalue weighted by Gasteiger charge is 2.44. The van der Waals surface area contributed by atoms with Gasteiger partial charge < -0.3 is 19.5 Å². The number of urea groups is 1. The molecule has 3 heterocycles. The molecule has 2 saturated heterocycles. The Hall–Kier alpha value is -2.02. The van der Waals surface area contributed by atoms with Crippen molar-refractivity contribution in [3.05, 3.63) is 23.7 Å². The third-order valence-corrected chi connectivity index (χ3v) is 4.80. The van der Waals surface area contributed by atoms with Crippen LogP contribution in [0.25, 0.3) is 0 Å². The average Bonchev–Trinajstić information content (AvgIpc) is 3.02. The largest absolute Gasteiger partial charge is 0.465 e. The van der Waals surface area contributed by atoms with E-state index >= 15 is 0 Å². The standard InChI is InChI=1S/C17H26N4O3/c1-13-4-5-14(24-13)9-20-6-7-21(16(23)19(2)3)12-17(11-20)8-15(22)18-10-17/h4-5H,6-12H2,1-3H3,(H,18,22)/t17-/m1/s1. The van der Waals surface area contributed by atoms with Crippen molar-refractivity contribution in [3.63, 3.8) is 0 Å². The van der Waals surface area contributed by atoms with Crippen molar-refractivity contribution in [2.24, 2.45) is 5.41 Å². The molecule has 24 heavy (non-hydrogen) atoms. The molecule has 2 aliphatic heterocycles. The van der Waals surface area contributed by atoms with Gasteiger partial charge in [0.1, 0.15) is 11.5 Å². The molecule has 1 aromatic rings. The summed E-state index contributed by atoms with van der Waals surface area (Å²) in [7, 11) is 3.53. The summed E-state index contributed by atoms with van der Waals surface area (Å²) in [5.41, 5.74) is -0.221. The molecule has 0 saturated carbocycles. The molecule has 3 amide bonds. The van der Waals surface area contributed by atoms with E-state index in [4.69, 9.17) is 4.42 Å².